The third kappa shape index (κ3) is 2.52. The summed E-state index contributed by atoms with van der Waals surface area (Å²) in [6, 6.07) is 13.3. The summed E-state index contributed by atoms with van der Waals surface area (Å²) in [4.78, 5) is 5.40. The molecule has 1 aromatic heterocycles. The molecule has 0 amide bonds. The molecule has 0 radical (unpaired) electrons. The molecule has 15 heavy (non-hydrogen) atoms. The fourth-order valence-electron chi connectivity index (χ4n) is 1.16. The number of rotatable bonds is 2. The molecule has 2 nitrogen and oxygen atoms in total. The van der Waals surface area contributed by atoms with E-state index in [1.54, 1.807) is 29.7 Å². The van der Waals surface area contributed by atoms with Crippen LogP contribution in [-0.4, -0.2) is 6.21 Å². The van der Waals surface area contributed by atoms with Gasteiger partial charge in [0.25, 0.3) is 0 Å². The van der Waals surface area contributed by atoms with Gasteiger partial charge in [-0.1, -0.05) is 12.1 Å². The predicted octanol–water partition coefficient (Wildman–Crippen LogP) is 3.37. The zero-order valence-electron chi connectivity index (χ0n) is 7.92. The molecule has 0 aliphatic rings. The van der Waals surface area contributed by atoms with E-state index in [2.05, 4.69) is 11.1 Å². The quantitative estimate of drug-likeness (QED) is 0.703. The standard InChI is InChI=1S/C12H8N2S/c13-8-10-3-1-4-11(7-10)14-9-12-5-2-6-15-12/h1-7,9H. The van der Waals surface area contributed by atoms with Crippen molar-refractivity contribution in [1.82, 2.24) is 0 Å². The lowest BCUT2D eigenvalue weighted by Gasteiger charge is -1.92. The van der Waals surface area contributed by atoms with Gasteiger partial charge in [0.15, 0.2) is 0 Å². The lowest BCUT2D eigenvalue weighted by Crippen LogP contribution is -1.74. The minimum Gasteiger partial charge on any atom is -0.255 e. The van der Waals surface area contributed by atoms with Crippen molar-refractivity contribution in [1.29, 1.82) is 5.26 Å². The Morgan fingerprint density at radius 2 is 2.20 bits per heavy atom. The van der Waals surface area contributed by atoms with E-state index in [4.69, 9.17) is 5.26 Å². The molecule has 1 aromatic carbocycles. The summed E-state index contributed by atoms with van der Waals surface area (Å²) in [7, 11) is 0. The molecule has 2 aromatic rings. The molecule has 0 bridgehead atoms. The van der Waals surface area contributed by atoms with Crippen LogP contribution in [0.4, 0.5) is 5.69 Å². The van der Waals surface area contributed by atoms with E-state index >= 15 is 0 Å². The Labute approximate surface area is 92.1 Å². The number of hydrogen-bond acceptors (Lipinski definition) is 3. The molecule has 0 fully saturated rings. The fourth-order valence-corrected chi connectivity index (χ4v) is 1.74. The second-order valence-corrected chi connectivity index (χ2v) is 3.92. The number of thiophene rings is 1. The van der Waals surface area contributed by atoms with E-state index in [-0.39, 0.29) is 0 Å². The molecule has 72 valence electrons. The summed E-state index contributed by atoms with van der Waals surface area (Å²) < 4.78 is 0. The van der Waals surface area contributed by atoms with Crippen LogP contribution < -0.4 is 0 Å². The van der Waals surface area contributed by atoms with E-state index in [0.717, 1.165) is 10.6 Å². The van der Waals surface area contributed by atoms with Gasteiger partial charge in [0.2, 0.25) is 0 Å². The van der Waals surface area contributed by atoms with Gasteiger partial charge in [0.1, 0.15) is 0 Å². The van der Waals surface area contributed by atoms with Crippen LogP contribution in [0.25, 0.3) is 0 Å². The smallest absolute Gasteiger partial charge is 0.0992 e. The van der Waals surface area contributed by atoms with E-state index in [1.165, 1.54) is 0 Å². The van der Waals surface area contributed by atoms with Crippen LogP contribution in [0.3, 0.4) is 0 Å². The highest BCUT2D eigenvalue weighted by atomic mass is 32.1. The van der Waals surface area contributed by atoms with E-state index in [9.17, 15) is 0 Å². The van der Waals surface area contributed by atoms with Gasteiger partial charge in [-0.2, -0.15) is 5.26 Å². The molecule has 0 aliphatic carbocycles. The maximum absolute atomic E-state index is 8.71. The van der Waals surface area contributed by atoms with Gasteiger partial charge in [-0.15, -0.1) is 11.3 Å². The van der Waals surface area contributed by atoms with Gasteiger partial charge < -0.3 is 0 Å². The monoisotopic (exact) mass is 212 g/mol. The molecule has 1 heterocycles. The minimum atomic E-state index is 0.635. The number of nitrogens with zero attached hydrogens (tertiary/aromatic N) is 2. The van der Waals surface area contributed by atoms with Crippen LogP contribution in [0, 0.1) is 11.3 Å². The normalized spacial score (nSPS) is 10.3. The Morgan fingerprint density at radius 3 is 2.93 bits per heavy atom. The topological polar surface area (TPSA) is 36.1 Å². The molecule has 0 atom stereocenters. The highest BCUT2D eigenvalue weighted by molar-refractivity contribution is 7.11. The molecular weight excluding hydrogens is 204 g/mol. The maximum Gasteiger partial charge on any atom is 0.0992 e. The Balaban J connectivity index is 2.21. The molecule has 0 spiro atoms. The van der Waals surface area contributed by atoms with Gasteiger partial charge in [-0.3, -0.25) is 4.99 Å². The van der Waals surface area contributed by atoms with E-state index in [1.807, 2.05) is 29.6 Å². The second kappa shape index (κ2) is 4.54. The zero-order valence-corrected chi connectivity index (χ0v) is 8.74. The first-order chi connectivity index (χ1) is 7.38. The summed E-state index contributed by atoms with van der Waals surface area (Å²) in [6.07, 6.45) is 1.81. The first kappa shape index (κ1) is 9.63. The van der Waals surface area contributed by atoms with Crippen molar-refractivity contribution in [3.05, 3.63) is 52.2 Å². The Bertz CT molecular complexity index is 507. The summed E-state index contributed by atoms with van der Waals surface area (Å²) in [5.41, 5.74) is 1.44. The van der Waals surface area contributed by atoms with Crippen LogP contribution in [0.15, 0.2) is 46.8 Å². The van der Waals surface area contributed by atoms with Crippen molar-refractivity contribution < 1.29 is 0 Å². The fraction of sp³-hybridized carbons (Fsp3) is 0. The largest absolute Gasteiger partial charge is 0.255 e. The third-order valence-electron chi connectivity index (χ3n) is 1.86. The van der Waals surface area contributed by atoms with Crippen LogP contribution >= 0.6 is 11.3 Å². The molecule has 0 saturated carbocycles. The van der Waals surface area contributed by atoms with Gasteiger partial charge in [0, 0.05) is 11.1 Å². The summed E-state index contributed by atoms with van der Waals surface area (Å²) in [5, 5.41) is 10.7. The molecule has 0 aliphatic heterocycles. The predicted molar refractivity (Wildman–Crippen MR) is 62.7 cm³/mol. The van der Waals surface area contributed by atoms with E-state index in [0.29, 0.717) is 5.56 Å². The van der Waals surface area contributed by atoms with Crippen molar-refractivity contribution in [2.24, 2.45) is 4.99 Å². The molecule has 0 N–H and O–H groups in total. The minimum absolute atomic E-state index is 0.635. The summed E-state index contributed by atoms with van der Waals surface area (Å²) >= 11 is 1.64. The molecular formula is C12H8N2S. The number of benzene rings is 1. The Morgan fingerprint density at radius 1 is 1.27 bits per heavy atom. The third-order valence-corrected chi connectivity index (χ3v) is 2.67. The lowest BCUT2D eigenvalue weighted by atomic mass is 10.2. The van der Waals surface area contributed by atoms with Gasteiger partial charge in [0.05, 0.1) is 17.3 Å². The SMILES string of the molecule is N#Cc1cccc(N=Cc2cccs2)c1. The van der Waals surface area contributed by atoms with Crippen molar-refractivity contribution in [3.8, 4) is 6.07 Å². The average molecular weight is 212 g/mol. The molecule has 3 heteroatoms. The van der Waals surface area contributed by atoms with Gasteiger partial charge in [-0.05, 0) is 29.6 Å². The molecule has 0 unspecified atom stereocenters. The number of nitriles is 1. The van der Waals surface area contributed by atoms with Gasteiger partial charge in [-0.25, -0.2) is 0 Å². The van der Waals surface area contributed by atoms with Crippen molar-refractivity contribution in [3.63, 3.8) is 0 Å². The van der Waals surface area contributed by atoms with Crippen LogP contribution in [0.1, 0.15) is 10.4 Å². The number of hydrogen-bond donors (Lipinski definition) is 0. The molecule has 0 saturated heterocycles. The van der Waals surface area contributed by atoms with Crippen molar-refractivity contribution >= 4 is 23.2 Å². The second-order valence-electron chi connectivity index (χ2n) is 2.94. The van der Waals surface area contributed by atoms with E-state index < -0.39 is 0 Å². The van der Waals surface area contributed by atoms with Crippen LogP contribution in [0.2, 0.25) is 0 Å². The first-order valence-corrected chi connectivity index (χ1v) is 5.34. The zero-order chi connectivity index (χ0) is 10.5. The summed E-state index contributed by atoms with van der Waals surface area (Å²) in [6.45, 7) is 0. The number of aliphatic imine (C=N–C) groups is 1. The van der Waals surface area contributed by atoms with Crippen molar-refractivity contribution in [2.75, 3.05) is 0 Å². The Kier molecular flexibility index (Phi) is 2.91. The Hall–Kier alpha value is -1.92. The highest BCUT2D eigenvalue weighted by Crippen LogP contribution is 2.14. The first-order valence-electron chi connectivity index (χ1n) is 4.46. The van der Waals surface area contributed by atoms with Gasteiger partial charge >= 0.3 is 0 Å². The summed E-state index contributed by atoms with van der Waals surface area (Å²) in [5.74, 6) is 0. The average Bonchev–Trinajstić information content (AvgIpc) is 2.79. The highest BCUT2D eigenvalue weighted by Gasteiger charge is 1.92. The van der Waals surface area contributed by atoms with Crippen LogP contribution in [-0.2, 0) is 0 Å². The van der Waals surface area contributed by atoms with Crippen LogP contribution in [0.5, 0.6) is 0 Å². The maximum atomic E-state index is 8.71. The van der Waals surface area contributed by atoms with Crippen molar-refractivity contribution in [2.45, 2.75) is 0 Å². The molecule has 2 rings (SSSR count). The lowest BCUT2D eigenvalue weighted by molar-refractivity contribution is 1.46.